The maximum absolute atomic E-state index is 13.2. The molecule has 0 spiro atoms. The lowest BCUT2D eigenvalue weighted by Gasteiger charge is -2.05. The first kappa shape index (κ1) is 12.8. The summed E-state index contributed by atoms with van der Waals surface area (Å²) in [6.45, 7) is 4.49. The molecule has 90 valence electrons. The lowest BCUT2D eigenvalue weighted by Crippen LogP contribution is -2.04. The summed E-state index contributed by atoms with van der Waals surface area (Å²) in [5.41, 5.74) is 2.87. The molecular weight excluding hydrogens is 351 g/mol. The normalized spacial score (nSPS) is 10.9. The van der Waals surface area contributed by atoms with Crippen molar-refractivity contribution in [2.75, 3.05) is 0 Å². The Morgan fingerprint density at radius 1 is 1.24 bits per heavy atom. The molecule has 0 amide bonds. The zero-order valence-corrected chi connectivity index (χ0v) is 12.6. The monoisotopic (exact) mass is 360 g/mol. The van der Waals surface area contributed by atoms with Crippen molar-refractivity contribution in [1.29, 1.82) is 0 Å². The van der Waals surface area contributed by atoms with Gasteiger partial charge in [0.05, 0.1) is 22.4 Å². The van der Waals surface area contributed by atoms with E-state index in [1.54, 1.807) is 0 Å². The number of halogens is 3. The molecule has 0 fully saturated rings. The Labute approximate surface area is 116 Å². The van der Waals surface area contributed by atoms with Crippen molar-refractivity contribution >= 4 is 31.9 Å². The van der Waals surface area contributed by atoms with E-state index < -0.39 is 0 Å². The van der Waals surface area contributed by atoms with Gasteiger partial charge >= 0.3 is 0 Å². The first-order chi connectivity index (χ1) is 7.97. The number of hydrogen-bond donors (Lipinski definition) is 0. The van der Waals surface area contributed by atoms with Gasteiger partial charge in [0.25, 0.3) is 0 Å². The van der Waals surface area contributed by atoms with Crippen LogP contribution >= 0.6 is 31.9 Å². The largest absolute Gasteiger partial charge is 0.264 e. The van der Waals surface area contributed by atoms with E-state index in [0.29, 0.717) is 6.54 Å². The summed E-state index contributed by atoms with van der Waals surface area (Å²) in [5.74, 6) is -0.241. The van der Waals surface area contributed by atoms with Crippen LogP contribution in [0.5, 0.6) is 0 Å². The maximum Gasteiger partial charge on any atom is 0.124 e. The lowest BCUT2D eigenvalue weighted by atomic mass is 10.2. The molecule has 0 aliphatic heterocycles. The average molecular weight is 362 g/mol. The van der Waals surface area contributed by atoms with E-state index in [1.807, 2.05) is 24.6 Å². The van der Waals surface area contributed by atoms with Gasteiger partial charge in [0.15, 0.2) is 0 Å². The van der Waals surface area contributed by atoms with Crippen LogP contribution < -0.4 is 0 Å². The van der Waals surface area contributed by atoms with Crippen LogP contribution in [0.1, 0.15) is 17.0 Å². The highest BCUT2D eigenvalue weighted by molar-refractivity contribution is 9.10. The van der Waals surface area contributed by atoms with Crippen molar-refractivity contribution in [2.24, 2.45) is 0 Å². The summed E-state index contributed by atoms with van der Waals surface area (Å²) >= 11 is 6.76. The standard InChI is InChI=1S/C12H11Br2FN2/c1-7-12(14)8(2)17(16-7)6-9-3-10(13)5-11(15)4-9/h3-5H,6H2,1-2H3. The quantitative estimate of drug-likeness (QED) is 0.783. The highest BCUT2D eigenvalue weighted by Gasteiger charge is 2.09. The zero-order chi connectivity index (χ0) is 12.6. The Balaban J connectivity index is 2.34. The van der Waals surface area contributed by atoms with Gasteiger partial charge in [-0.25, -0.2) is 4.39 Å². The number of rotatable bonds is 2. The second-order valence-corrected chi connectivity index (χ2v) is 5.63. The van der Waals surface area contributed by atoms with E-state index in [0.717, 1.165) is 25.9 Å². The molecule has 0 aliphatic rings. The summed E-state index contributed by atoms with van der Waals surface area (Å²) < 4.78 is 16.9. The van der Waals surface area contributed by atoms with Crippen LogP contribution in [0.25, 0.3) is 0 Å². The van der Waals surface area contributed by atoms with Crippen LogP contribution in [0.3, 0.4) is 0 Å². The van der Waals surface area contributed by atoms with Crippen molar-refractivity contribution < 1.29 is 4.39 Å². The molecular formula is C12H11Br2FN2. The summed E-state index contributed by atoms with van der Waals surface area (Å²) in [6, 6.07) is 4.86. The van der Waals surface area contributed by atoms with E-state index in [-0.39, 0.29) is 5.82 Å². The molecule has 2 aromatic rings. The molecule has 0 N–H and O–H groups in total. The van der Waals surface area contributed by atoms with Gasteiger partial charge in [-0.1, -0.05) is 15.9 Å². The van der Waals surface area contributed by atoms with Crippen LogP contribution in [-0.4, -0.2) is 9.78 Å². The van der Waals surface area contributed by atoms with E-state index >= 15 is 0 Å². The van der Waals surface area contributed by atoms with Gasteiger partial charge in [-0.3, -0.25) is 4.68 Å². The van der Waals surface area contributed by atoms with Crippen molar-refractivity contribution in [3.05, 3.63) is 49.9 Å². The van der Waals surface area contributed by atoms with Gasteiger partial charge in [0.2, 0.25) is 0 Å². The fourth-order valence-electron chi connectivity index (χ4n) is 1.70. The molecule has 0 unspecified atom stereocenters. The molecule has 17 heavy (non-hydrogen) atoms. The topological polar surface area (TPSA) is 17.8 Å². The second kappa shape index (κ2) is 4.90. The van der Waals surface area contributed by atoms with Crippen molar-refractivity contribution in [1.82, 2.24) is 9.78 Å². The molecule has 0 radical (unpaired) electrons. The summed E-state index contributed by atoms with van der Waals surface area (Å²) in [6.07, 6.45) is 0. The molecule has 0 bridgehead atoms. The molecule has 2 nitrogen and oxygen atoms in total. The molecule has 1 aromatic heterocycles. The fraction of sp³-hybridized carbons (Fsp3) is 0.250. The van der Waals surface area contributed by atoms with Gasteiger partial charge in [-0.05, 0) is 53.5 Å². The van der Waals surface area contributed by atoms with E-state index in [1.165, 1.54) is 12.1 Å². The van der Waals surface area contributed by atoms with Gasteiger partial charge < -0.3 is 0 Å². The van der Waals surface area contributed by atoms with Crippen LogP contribution in [0, 0.1) is 19.7 Å². The minimum Gasteiger partial charge on any atom is -0.264 e. The Morgan fingerprint density at radius 3 is 2.47 bits per heavy atom. The van der Waals surface area contributed by atoms with Crippen LogP contribution in [0.2, 0.25) is 0 Å². The van der Waals surface area contributed by atoms with Crippen molar-refractivity contribution in [3.63, 3.8) is 0 Å². The van der Waals surface area contributed by atoms with E-state index in [2.05, 4.69) is 37.0 Å². The predicted octanol–water partition coefficient (Wildman–Crippen LogP) is 4.21. The molecule has 0 saturated carbocycles. The van der Waals surface area contributed by atoms with Crippen LogP contribution in [0.15, 0.2) is 27.1 Å². The molecule has 1 aromatic carbocycles. The fourth-order valence-corrected chi connectivity index (χ4v) is 2.50. The summed E-state index contributed by atoms with van der Waals surface area (Å²) in [5, 5.41) is 4.40. The molecule has 1 heterocycles. The molecule has 5 heteroatoms. The predicted molar refractivity (Wildman–Crippen MR) is 72.6 cm³/mol. The second-order valence-electron chi connectivity index (χ2n) is 3.92. The minimum absolute atomic E-state index is 0.241. The third-order valence-electron chi connectivity index (χ3n) is 2.55. The van der Waals surface area contributed by atoms with E-state index in [4.69, 9.17) is 0 Å². The lowest BCUT2D eigenvalue weighted by molar-refractivity contribution is 0.614. The number of benzene rings is 1. The molecule has 0 aliphatic carbocycles. The van der Waals surface area contributed by atoms with Crippen LogP contribution in [0.4, 0.5) is 4.39 Å². The Morgan fingerprint density at radius 2 is 1.94 bits per heavy atom. The van der Waals surface area contributed by atoms with E-state index in [9.17, 15) is 4.39 Å². The first-order valence-corrected chi connectivity index (χ1v) is 6.70. The number of aromatic nitrogens is 2. The van der Waals surface area contributed by atoms with Gasteiger partial charge in [-0.15, -0.1) is 0 Å². The van der Waals surface area contributed by atoms with Crippen molar-refractivity contribution in [3.8, 4) is 0 Å². The number of nitrogens with zero attached hydrogens (tertiary/aromatic N) is 2. The van der Waals surface area contributed by atoms with Crippen molar-refractivity contribution in [2.45, 2.75) is 20.4 Å². The molecule has 0 atom stereocenters. The molecule has 2 rings (SSSR count). The summed E-state index contributed by atoms with van der Waals surface area (Å²) in [4.78, 5) is 0. The zero-order valence-electron chi connectivity index (χ0n) is 9.47. The van der Waals surface area contributed by atoms with Gasteiger partial charge in [-0.2, -0.15) is 5.10 Å². The Bertz CT molecular complexity index is 544. The maximum atomic E-state index is 13.2. The third-order valence-corrected chi connectivity index (χ3v) is 4.15. The highest BCUT2D eigenvalue weighted by Crippen LogP contribution is 2.22. The SMILES string of the molecule is Cc1nn(Cc2cc(F)cc(Br)c2)c(C)c1Br. The van der Waals surface area contributed by atoms with Gasteiger partial charge in [0.1, 0.15) is 5.82 Å². The van der Waals surface area contributed by atoms with Crippen LogP contribution in [-0.2, 0) is 6.54 Å². The Hall–Kier alpha value is -0.680. The smallest absolute Gasteiger partial charge is 0.124 e. The number of hydrogen-bond acceptors (Lipinski definition) is 1. The van der Waals surface area contributed by atoms with Gasteiger partial charge in [0, 0.05) is 4.47 Å². The minimum atomic E-state index is -0.241. The highest BCUT2D eigenvalue weighted by atomic mass is 79.9. The number of aryl methyl sites for hydroxylation is 1. The third kappa shape index (κ3) is 2.77. The molecule has 0 saturated heterocycles. The first-order valence-electron chi connectivity index (χ1n) is 5.12. The summed E-state index contributed by atoms with van der Waals surface area (Å²) in [7, 11) is 0. The average Bonchev–Trinajstić information content (AvgIpc) is 2.45. The Kier molecular flexibility index (Phi) is 3.68.